The second-order valence-corrected chi connectivity index (χ2v) is 4.00. The van der Waals surface area contributed by atoms with Crippen molar-refractivity contribution >= 4 is 83.0 Å². The normalized spacial score (nSPS) is 9.30. The Balaban J connectivity index is -0.000000602. The van der Waals surface area contributed by atoms with Crippen molar-refractivity contribution in [1.29, 1.82) is 0 Å². The molecular formula is C10H16CuN2Na2O8. The molecule has 0 aromatic rings. The van der Waals surface area contributed by atoms with Gasteiger partial charge in [0.25, 0.3) is 0 Å². The van der Waals surface area contributed by atoms with Crippen LogP contribution in [0.25, 0.3) is 0 Å². The number of carbonyl (C=O) groups is 4. The molecule has 0 atom stereocenters. The van der Waals surface area contributed by atoms with Crippen LogP contribution in [0.3, 0.4) is 0 Å². The maximum absolute atomic E-state index is 10.6. The zero-order valence-electron chi connectivity index (χ0n) is 12.9. The van der Waals surface area contributed by atoms with Crippen LogP contribution in [-0.2, 0) is 36.2 Å². The summed E-state index contributed by atoms with van der Waals surface area (Å²) in [6.07, 6.45) is 0. The SMILES string of the molecule is O=C(O)CN(CCN(CC(=O)O)CC(=O)O)CC(=O)O.[Cu].[Na].[Na]. The fraction of sp³-hybridized carbons (Fsp3) is 0.600. The molecule has 0 unspecified atom stereocenters. The second kappa shape index (κ2) is 17.2. The number of carboxylic acid groups (broad SMARTS) is 4. The van der Waals surface area contributed by atoms with Gasteiger partial charge in [-0.05, 0) is 0 Å². The van der Waals surface area contributed by atoms with Gasteiger partial charge in [0.1, 0.15) is 0 Å². The number of hydrogen-bond acceptors (Lipinski definition) is 6. The van der Waals surface area contributed by atoms with E-state index in [4.69, 9.17) is 20.4 Å². The van der Waals surface area contributed by atoms with Gasteiger partial charge in [0.2, 0.25) is 0 Å². The topological polar surface area (TPSA) is 156 Å². The predicted octanol–water partition coefficient (Wildman–Crippen LogP) is -2.84. The number of rotatable bonds is 11. The molecule has 0 aliphatic rings. The van der Waals surface area contributed by atoms with E-state index in [1.54, 1.807) is 0 Å². The van der Waals surface area contributed by atoms with Gasteiger partial charge in [-0.3, -0.25) is 29.0 Å². The molecule has 4 N–H and O–H groups in total. The van der Waals surface area contributed by atoms with Crippen LogP contribution >= 0.6 is 0 Å². The molecule has 0 fully saturated rings. The molecular weight excluding hydrogens is 386 g/mol. The van der Waals surface area contributed by atoms with E-state index >= 15 is 0 Å². The minimum Gasteiger partial charge on any atom is -0.480 e. The van der Waals surface area contributed by atoms with Gasteiger partial charge in [-0.2, -0.15) is 0 Å². The van der Waals surface area contributed by atoms with Gasteiger partial charge in [0, 0.05) is 89.3 Å². The third-order valence-electron chi connectivity index (χ3n) is 2.17. The van der Waals surface area contributed by atoms with Gasteiger partial charge >= 0.3 is 23.9 Å². The van der Waals surface area contributed by atoms with Crippen molar-refractivity contribution in [2.24, 2.45) is 0 Å². The molecule has 0 amide bonds. The average molecular weight is 402 g/mol. The summed E-state index contributed by atoms with van der Waals surface area (Å²) in [6.45, 7) is -2.25. The van der Waals surface area contributed by atoms with Crippen molar-refractivity contribution in [1.82, 2.24) is 9.80 Å². The average Bonchev–Trinajstić information content (AvgIpc) is 2.22. The van der Waals surface area contributed by atoms with Gasteiger partial charge in [-0.1, -0.05) is 0 Å². The van der Waals surface area contributed by atoms with Gasteiger partial charge in [0.15, 0.2) is 0 Å². The van der Waals surface area contributed by atoms with Crippen LogP contribution in [0.15, 0.2) is 0 Å². The number of aliphatic carboxylic acids is 4. The Morgan fingerprint density at radius 1 is 0.565 bits per heavy atom. The van der Waals surface area contributed by atoms with Crippen molar-refractivity contribution in [2.45, 2.75) is 0 Å². The fourth-order valence-electron chi connectivity index (χ4n) is 1.48. The minimum atomic E-state index is -1.23. The van der Waals surface area contributed by atoms with Crippen LogP contribution in [-0.4, -0.2) is 152 Å². The molecule has 0 aliphatic carbocycles. The molecule has 0 rings (SSSR count). The van der Waals surface area contributed by atoms with Crippen molar-refractivity contribution in [3.05, 3.63) is 0 Å². The molecule has 3 radical (unpaired) electrons. The van der Waals surface area contributed by atoms with Gasteiger partial charge in [0.05, 0.1) is 26.2 Å². The van der Waals surface area contributed by atoms with Crippen molar-refractivity contribution in [3.8, 4) is 0 Å². The van der Waals surface area contributed by atoms with Gasteiger partial charge in [-0.25, -0.2) is 0 Å². The monoisotopic (exact) mass is 401 g/mol. The largest absolute Gasteiger partial charge is 0.480 e. The molecule has 0 bridgehead atoms. The second-order valence-electron chi connectivity index (χ2n) is 4.00. The molecule has 0 aliphatic heterocycles. The molecule has 0 heterocycles. The first-order chi connectivity index (χ1) is 9.20. The predicted molar refractivity (Wildman–Crippen MR) is 74.9 cm³/mol. The Bertz CT molecular complexity index is 331. The van der Waals surface area contributed by atoms with Crippen LogP contribution in [0.4, 0.5) is 0 Å². The van der Waals surface area contributed by atoms with Crippen LogP contribution < -0.4 is 0 Å². The molecule has 0 saturated heterocycles. The van der Waals surface area contributed by atoms with Crippen LogP contribution in [0.1, 0.15) is 0 Å². The van der Waals surface area contributed by atoms with Gasteiger partial charge < -0.3 is 20.4 Å². The first-order valence-corrected chi connectivity index (χ1v) is 5.52. The van der Waals surface area contributed by atoms with Crippen LogP contribution in [0.5, 0.6) is 0 Å². The zero-order chi connectivity index (χ0) is 15.7. The Morgan fingerprint density at radius 3 is 0.870 bits per heavy atom. The van der Waals surface area contributed by atoms with Gasteiger partial charge in [-0.15, -0.1) is 0 Å². The van der Waals surface area contributed by atoms with Crippen molar-refractivity contribution < 1.29 is 56.7 Å². The van der Waals surface area contributed by atoms with Crippen molar-refractivity contribution in [3.63, 3.8) is 0 Å². The molecule has 10 nitrogen and oxygen atoms in total. The summed E-state index contributed by atoms with van der Waals surface area (Å²) in [7, 11) is 0. The number of nitrogens with zero attached hydrogens (tertiary/aromatic N) is 2. The Morgan fingerprint density at radius 2 is 0.739 bits per heavy atom. The molecule has 127 valence electrons. The fourth-order valence-corrected chi connectivity index (χ4v) is 1.48. The van der Waals surface area contributed by atoms with E-state index in [2.05, 4.69) is 0 Å². The maximum Gasteiger partial charge on any atom is 0.317 e. The molecule has 13 heteroatoms. The summed E-state index contributed by atoms with van der Waals surface area (Å²) in [5.41, 5.74) is 0. The van der Waals surface area contributed by atoms with E-state index in [0.29, 0.717) is 0 Å². The smallest absolute Gasteiger partial charge is 0.317 e. The molecule has 0 saturated carbocycles. The molecule has 0 aromatic heterocycles. The first-order valence-electron chi connectivity index (χ1n) is 5.52. The molecule has 23 heavy (non-hydrogen) atoms. The first kappa shape index (κ1) is 31.1. The summed E-state index contributed by atoms with van der Waals surface area (Å²) >= 11 is 0. The zero-order valence-corrected chi connectivity index (χ0v) is 17.8. The quantitative estimate of drug-likeness (QED) is 0.266. The Kier molecular flexibility index (Phi) is 23.2. The molecule has 0 spiro atoms. The van der Waals surface area contributed by atoms with Crippen molar-refractivity contribution in [2.75, 3.05) is 39.3 Å². The van der Waals surface area contributed by atoms with E-state index < -0.39 is 50.1 Å². The third-order valence-corrected chi connectivity index (χ3v) is 2.17. The van der Waals surface area contributed by atoms with E-state index in [9.17, 15) is 19.2 Å². The summed E-state index contributed by atoms with van der Waals surface area (Å²) in [6, 6.07) is 0. The van der Waals surface area contributed by atoms with Crippen LogP contribution in [0.2, 0.25) is 0 Å². The van der Waals surface area contributed by atoms with E-state index in [0.717, 1.165) is 9.80 Å². The maximum atomic E-state index is 10.6. The molecule has 0 aromatic carbocycles. The Hall–Kier alpha value is 0.319. The standard InChI is InChI=1S/C10H16N2O8.Cu.2Na/c13-7(14)3-11(4-8(15)16)1-2-12(5-9(17)18)6-10(19)20;;;/h1-6H2,(H,13,14)(H,15,16)(H,17,18)(H,19,20);;;. The summed E-state index contributed by atoms with van der Waals surface area (Å²) in [4.78, 5) is 44.4. The minimum absolute atomic E-state index is 0. The summed E-state index contributed by atoms with van der Waals surface area (Å²) in [5, 5.41) is 34.5. The third kappa shape index (κ3) is 20.3. The number of carboxylic acids is 4. The summed E-state index contributed by atoms with van der Waals surface area (Å²) in [5.74, 6) is -4.91. The Labute approximate surface area is 187 Å². The van der Waals surface area contributed by atoms with Crippen LogP contribution in [0, 0.1) is 0 Å². The van der Waals surface area contributed by atoms with E-state index in [1.807, 2.05) is 0 Å². The van der Waals surface area contributed by atoms with E-state index in [-0.39, 0.29) is 89.3 Å². The number of hydrogen-bond donors (Lipinski definition) is 4. The summed E-state index contributed by atoms with van der Waals surface area (Å²) < 4.78 is 0. The van der Waals surface area contributed by atoms with E-state index in [1.165, 1.54) is 0 Å².